The van der Waals surface area contributed by atoms with Crippen molar-refractivity contribution < 1.29 is 13.9 Å². The van der Waals surface area contributed by atoms with Gasteiger partial charge in [-0.3, -0.25) is 4.79 Å². The maximum atomic E-state index is 13.7. The molecule has 0 aromatic heterocycles. The molecule has 0 bridgehead atoms. The van der Waals surface area contributed by atoms with E-state index in [4.69, 9.17) is 4.74 Å². The summed E-state index contributed by atoms with van der Waals surface area (Å²) < 4.78 is 19.1. The summed E-state index contributed by atoms with van der Waals surface area (Å²) in [5.41, 5.74) is 4.87. The number of anilines is 1. The van der Waals surface area contributed by atoms with Crippen LogP contribution in [0.15, 0.2) is 66.7 Å². The van der Waals surface area contributed by atoms with Crippen molar-refractivity contribution in [2.75, 3.05) is 23.4 Å². The Labute approximate surface area is 184 Å². The van der Waals surface area contributed by atoms with E-state index in [1.54, 1.807) is 12.1 Å². The van der Waals surface area contributed by atoms with Gasteiger partial charge in [-0.1, -0.05) is 39.7 Å². The fourth-order valence-corrected chi connectivity index (χ4v) is 4.14. The highest BCUT2D eigenvalue weighted by Crippen LogP contribution is 2.36. The number of benzene rings is 3. The van der Waals surface area contributed by atoms with Gasteiger partial charge in [0.15, 0.2) is 5.78 Å². The van der Waals surface area contributed by atoms with Crippen molar-refractivity contribution in [2.45, 2.75) is 19.4 Å². The number of carbonyl (C=O) groups is 1. The first kappa shape index (κ1) is 20.6. The molecule has 5 heteroatoms. The number of hydrogen-bond donors (Lipinski definition) is 0. The van der Waals surface area contributed by atoms with E-state index in [-0.39, 0.29) is 11.6 Å². The Morgan fingerprint density at radius 3 is 2.53 bits per heavy atom. The van der Waals surface area contributed by atoms with Crippen molar-refractivity contribution in [1.29, 1.82) is 0 Å². The van der Waals surface area contributed by atoms with Gasteiger partial charge in [0.05, 0.1) is 6.61 Å². The van der Waals surface area contributed by atoms with Crippen molar-refractivity contribution in [3.05, 3.63) is 94.8 Å². The average molecular weight is 468 g/mol. The first-order valence-electron chi connectivity index (χ1n) is 10.0. The Balaban J connectivity index is 1.71. The molecule has 0 aliphatic carbocycles. The number of nitrogens with zero attached hydrogens (tertiary/aromatic N) is 1. The van der Waals surface area contributed by atoms with Crippen molar-refractivity contribution in [2.24, 2.45) is 0 Å². The Morgan fingerprint density at radius 1 is 1.10 bits per heavy atom. The Morgan fingerprint density at radius 2 is 1.83 bits per heavy atom. The molecule has 1 heterocycles. The van der Waals surface area contributed by atoms with Crippen LogP contribution in [0, 0.1) is 12.7 Å². The van der Waals surface area contributed by atoms with Crippen molar-refractivity contribution >= 4 is 27.4 Å². The van der Waals surface area contributed by atoms with Gasteiger partial charge in [0.25, 0.3) is 0 Å². The zero-order valence-corrected chi connectivity index (χ0v) is 18.4. The number of carbonyl (C=O) groups excluding carboxylic acids is 1. The fraction of sp³-hybridized carbons (Fsp3) is 0.240. The Bertz CT molecular complexity index is 1030. The molecular formula is C25H23BrFNO2. The number of hydrogen-bond acceptors (Lipinski definition) is 3. The minimum absolute atomic E-state index is 0.0242. The number of halogens is 2. The largest absolute Gasteiger partial charge is 0.493 e. The predicted octanol–water partition coefficient (Wildman–Crippen LogP) is 5.89. The lowest BCUT2D eigenvalue weighted by Gasteiger charge is -2.38. The van der Waals surface area contributed by atoms with Gasteiger partial charge in [0.1, 0.15) is 17.6 Å². The van der Waals surface area contributed by atoms with E-state index >= 15 is 0 Å². The second kappa shape index (κ2) is 9.00. The predicted molar refractivity (Wildman–Crippen MR) is 121 cm³/mol. The van der Waals surface area contributed by atoms with Crippen LogP contribution >= 0.6 is 15.9 Å². The van der Waals surface area contributed by atoms with Gasteiger partial charge in [0.2, 0.25) is 0 Å². The highest BCUT2D eigenvalue weighted by Gasteiger charge is 2.33. The van der Waals surface area contributed by atoms with Crippen LogP contribution in [-0.4, -0.2) is 24.3 Å². The summed E-state index contributed by atoms with van der Waals surface area (Å²) in [6, 6.07) is 19.5. The lowest BCUT2D eigenvalue weighted by molar-refractivity contribution is 0.0954. The summed E-state index contributed by atoms with van der Waals surface area (Å²) in [7, 11) is 0. The van der Waals surface area contributed by atoms with Crippen LogP contribution in [0.5, 0.6) is 5.75 Å². The third kappa shape index (κ3) is 4.26. The lowest BCUT2D eigenvalue weighted by atomic mass is 9.86. The molecule has 0 saturated carbocycles. The van der Waals surface area contributed by atoms with E-state index in [0.29, 0.717) is 18.7 Å². The zero-order valence-electron chi connectivity index (χ0n) is 16.8. The molecule has 30 heavy (non-hydrogen) atoms. The number of ketones is 1. The Hall–Kier alpha value is -2.66. The number of alkyl halides is 1. The molecule has 4 rings (SSSR count). The molecule has 3 nitrogen and oxygen atoms in total. The molecule has 1 unspecified atom stereocenters. The molecule has 0 saturated heterocycles. The SMILES string of the molecule is Cc1ccc2c(c1)CCN(c1ccc(F)cc1)C2C(=O)c1ccc(OCCBr)cc1. The van der Waals surface area contributed by atoms with Gasteiger partial charge in [0, 0.05) is 23.1 Å². The number of ether oxygens (including phenoxy) is 1. The first-order valence-corrected chi connectivity index (χ1v) is 11.1. The standard InChI is InChI=1S/C25H23BrFNO2/c1-17-2-11-23-19(16-17)12-14-28(21-7-5-20(27)6-8-21)24(23)25(29)18-3-9-22(10-4-18)30-15-13-26/h2-11,16,24H,12-15H2,1H3. The van der Waals surface area contributed by atoms with Gasteiger partial charge in [-0.05, 0) is 73.0 Å². The van der Waals surface area contributed by atoms with Crippen molar-refractivity contribution in [3.63, 3.8) is 0 Å². The third-order valence-corrected chi connectivity index (χ3v) is 5.74. The molecule has 1 aliphatic heterocycles. The van der Waals surface area contributed by atoms with E-state index in [9.17, 15) is 9.18 Å². The highest BCUT2D eigenvalue weighted by molar-refractivity contribution is 9.09. The molecule has 0 fully saturated rings. The molecule has 3 aromatic carbocycles. The topological polar surface area (TPSA) is 29.5 Å². The van der Waals surface area contributed by atoms with E-state index < -0.39 is 6.04 Å². The summed E-state index contributed by atoms with van der Waals surface area (Å²) in [4.78, 5) is 15.7. The van der Waals surface area contributed by atoms with Crippen molar-refractivity contribution in [1.82, 2.24) is 0 Å². The minimum atomic E-state index is -0.450. The molecule has 1 atom stereocenters. The van der Waals surface area contributed by atoms with E-state index in [2.05, 4.69) is 39.9 Å². The summed E-state index contributed by atoms with van der Waals surface area (Å²) in [6.45, 7) is 3.33. The maximum absolute atomic E-state index is 13.7. The maximum Gasteiger partial charge on any atom is 0.189 e. The molecule has 0 spiro atoms. The van der Waals surface area contributed by atoms with E-state index in [1.807, 2.05) is 30.3 Å². The van der Waals surface area contributed by atoms with Gasteiger partial charge < -0.3 is 9.64 Å². The number of aryl methyl sites for hydroxylation is 1. The van der Waals surface area contributed by atoms with Crippen LogP contribution in [0.1, 0.15) is 33.1 Å². The lowest BCUT2D eigenvalue weighted by Crippen LogP contribution is -2.40. The molecule has 0 radical (unpaired) electrons. The number of Topliss-reactive ketones (excluding diaryl/α,β-unsaturated/α-hetero) is 1. The third-order valence-electron chi connectivity index (χ3n) is 5.42. The van der Waals surface area contributed by atoms with Crippen LogP contribution < -0.4 is 9.64 Å². The monoisotopic (exact) mass is 467 g/mol. The molecule has 1 aliphatic rings. The quantitative estimate of drug-likeness (QED) is 0.334. The number of fused-ring (bicyclic) bond motifs is 1. The molecule has 3 aromatic rings. The van der Waals surface area contributed by atoms with Crippen LogP contribution in [0.25, 0.3) is 0 Å². The first-order chi connectivity index (χ1) is 14.6. The summed E-state index contributed by atoms with van der Waals surface area (Å²) in [5.74, 6) is 0.478. The van der Waals surface area contributed by atoms with E-state index in [1.165, 1.54) is 23.3 Å². The van der Waals surface area contributed by atoms with Crippen LogP contribution in [0.3, 0.4) is 0 Å². The molecule has 0 N–H and O–H groups in total. The van der Waals surface area contributed by atoms with Gasteiger partial charge in [-0.15, -0.1) is 0 Å². The average Bonchev–Trinajstić information content (AvgIpc) is 2.77. The fourth-order valence-electron chi connectivity index (χ4n) is 3.98. The van der Waals surface area contributed by atoms with Gasteiger partial charge in [-0.25, -0.2) is 4.39 Å². The zero-order chi connectivity index (χ0) is 21.1. The molecule has 0 amide bonds. The normalized spacial score (nSPS) is 15.6. The number of rotatable bonds is 6. The Kier molecular flexibility index (Phi) is 6.18. The second-order valence-corrected chi connectivity index (χ2v) is 8.24. The summed E-state index contributed by atoms with van der Waals surface area (Å²) in [5, 5.41) is 0.749. The summed E-state index contributed by atoms with van der Waals surface area (Å²) >= 11 is 3.34. The molecule has 154 valence electrons. The van der Waals surface area contributed by atoms with Crippen LogP contribution in [-0.2, 0) is 6.42 Å². The smallest absolute Gasteiger partial charge is 0.189 e. The van der Waals surface area contributed by atoms with Crippen LogP contribution in [0.2, 0.25) is 0 Å². The summed E-state index contributed by atoms with van der Waals surface area (Å²) in [6.07, 6.45) is 0.845. The second-order valence-electron chi connectivity index (χ2n) is 7.45. The van der Waals surface area contributed by atoms with Crippen molar-refractivity contribution in [3.8, 4) is 5.75 Å². The van der Waals surface area contributed by atoms with Gasteiger partial charge >= 0.3 is 0 Å². The molecular weight excluding hydrogens is 445 g/mol. The minimum Gasteiger partial charge on any atom is -0.493 e. The highest BCUT2D eigenvalue weighted by atomic mass is 79.9. The van der Waals surface area contributed by atoms with E-state index in [0.717, 1.165) is 28.8 Å². The van der Waals surface area contributed by atoms with Crippen LogP contribution in [0.4, 0.5) is 10.1 Å². The van der Waals surface area contributed by atoms with Gasteiger partial charge in [-0.2, -0.15) is 0 Å².